The van der Waals surface area contributed by atoms with Crippen LogP contribution >= 0.6 is 0 Å². The lowest BCUT2D eigenvalue weighted by Gasteiger charge is -2.30. The van der Waals surface area contributed by atoms with E-state index in [9.17, 15) is 19.5 Å². The normalized spacial score (nSPS) is 16.9. The summed E-state index contributed by atoms with van der Waals surface area (Å²) >= 11 is 0. The first kappa shape index (κ1) is 36.4. The molecule has 2 amide bonds. The fraction of sp³-hybridized carbons (Fsp3) is 0.735. The Bertz CT molecular complexity index is 921. The summed E-state index contributed by atoms with van der Waals surface area (Å²) in [4.78, 5) is 37.2. The van der Waals surface area contributed by atoms with Crippen molar-refractivity contribution < 1.29 is 29.0 Å². The van der Waals surface area contributed by atoms with Crippen LogP contribution in [0.1, 0.15) is 124 Å². The molecule has 0 heterocycles. The van der Waals surface area contributed by atoms with Crippen molar-refractivity contribution in [3.63, 3.8) is 0 Å². The summed E-state index contributed by atoms with van der Waals surface area (Å²) in [5, 5.41) is 15.6. The van der Waals surface area contributed by atoms with E-state index in [2.05, 4.69) is 10.6 Å². The van der Waals surface area contributed by atoms with E-state index in [1.54, 1.807) is 25.7 Å². The summed E-state index contributed by atoms with van der Waals surface area (Å²) in [5.74, 6) is -1.12. The van der Waals surface area contributed by atoms with Crippen LogP contribution in [0.15, 0.2) is 30.3 Å². The number of carbonyl (C=O) groups is 3. The Balaban J connectivity index is 0.000000407. The number of nitrogens with zero attached hydrogens (tertiary/aromatic N) is 1. The van der Waals surface area contributed by atoms with Crippen molar-refractivity contribution in [3.05, 3.63) is 35.9 Å². The molecule has 43 heavy (non-hydrogen) atoms. The highest BCUT2D eigenvalue weighted by atomic mass is 16.6. The topological polar surface area (TPSA) is 117 Å². The maximum Gasteiger partial charge on any atom is 0.410 e. The molecule has 0 unspecified atom stereocenters. The zero-order valence-electron chi connectivity index (χ0n) is 27.2. The van der Waals surface area contributed by atoms with E-state index < -0.39 is 29.8 Å². The molecule has 9 heteroatoms. The van der Waals surface area contributed by atoms with Crippen LogP contribution in [-0.4, -0.2) is 64.5 Å². The fourth-order valence-corrected chi connectivity index (χ4v) is 5.57. The number of hydrogen-bond acceptors (Lipinski definition) is 6. The SMILES string of the molecule is C1CCC(NC2CCCCC2)CC1.CC(C)N(CCCC[C@@H](NC(=O)OC(C)(C)C)C(=O)O)C(=O)OCc1ccccc1. The molecule has 3 rings (SSSR count). The van der Waals surface area contributed by atoms with Crippen molar-refractivity contribution in [3.8, 4) is 0 Å². The molecule has 0 spiro atoms. The van der Waals surface area contributed by atoms with Gasteiger partial charge in [-0.05, 0) is 85.1 Å². The Hall–Kier alpha value is -2.81. The summed E-state index contributed by atoms with van der Waals surface area (Å²) in [6, 6.07) is 10.1. The maximum atomic E-state index is 12.4. The van der Waals surface area contributed by atoms with E-state index in [4.69, 9.17) is 9.47 Å². The second kappa shape index (κ2) is 19.5. The standard InChI is InChI=1S/C22H34N2O6.C12H23N/c1-16(2)24(21(28)29-15-17-11-7-6-8-12-17)14-10-9-13-18(19(25)26)23-20(27)30-22(3,4)5;1-3-7-11(8-4-1)13-12-9-5-2-6-10-12/h6-8,11-12,16,18H,9-10,13-15H2,1-5H3,(H,23,27)(H,25,26);11-13H,1-10H2/t18-;/m1./s1. The van der Waals surface area contributed by atoms with Crippen molar-refractivity contribution in [2.24, 2.45) is 0 Å². The second-order valence-corrected chi connectivity index (χ2v) is 13.2. The van der Waals surface area contributed by atoms with Gasteiger partial charge in [0.1, 0.15) is 18.2 Å². The molecule has 0 aromatic heterocycles. The molecule has 0 aliphatic heterocycles. The lowest BCUT2D eigenvalue weighted by atomic mass is 9.91. The molecule has 0 radical (unpaired) electrons. The Labute approximate surface area is 259 Å². The number of rotatable bonds is 12. The van der Waals surface area contributed by atoms with Gasteiger partial charge in [-0.3, -0.25) is 0 Å². The summed E-state index contributed by atoms with van der Waals surface area (Å²) < 4.78 is 10.5. The number of nitrogens with one attached hydrogen (secondary N) is 2. The van der Waals surface area contributed by atoms with Crippen LogP contribution in [-0.2, 0) is 20.9 Å². The molecular formula is C34H57N3O6. The van der Waals surface area contributed by atoms with E-state index in [0.717, 1.165) is 17.6 Å². The molecule has 0 saturated heterocycles. The van der Waals surface area contributed by atoms with Gasteiger partial charge in [0.05, 0.1) is 0 Å². The molecule has 3 N–H and O–H groups in total. The number of alkyl carbamates (subject to hydrolysis) is 1. The van der Waals surface area contributed by atoms with Gasteiger partial charge in [0, 0.05) is 24.7 Å². The number of aliphatic carboxylic acids is 1. The Kier molecular flexibility index (Phi) is 16.5. The van der Waals surface area contributed by atoms with Crippen LogP contribution < -0.4 is 10.6 Å². The Morgan fingerprint density at radius 3 is 1.95 bits per heavy atom. The molecule has 2 fully saturated rings. The van der Waals surface area contributed by atoms with Crippen LogP contribution in [0.5, 0.6) is 0 Å². The second-order valence-electron chi connectivity index (χ2n) is 13.2. The zero-order valence-corrected chi connectivity index (χ0v) is 27.2. The van der Waals surface area contributed by atoms with Crippen LogP contribution in [0, 0.1) is 0 Å². The number of benzene rings is 1. The third-order valence-electron chi connectivity index (χ3n) is 7.88. The van der Waals surface area contributed by atoms with Crippen LogP contribution in [0.4, 0.5) is 9.59 Å². The summed E-state index contributed by atoms with van der Waals surface area (Å²) in [6.07, 6.45) is 14.7. The predicted octanol–water partition coefficient (Wildman–Crippen LogP) is 7.42. The van der Waals surface area contributed by atoms with Crippen LogP contribution in [0.3, 0.4) is 0 Å². The third kappa shape index (κ3) is 16.0. The third-order valence-corrected chi connectivity index (χ3v) is 7.88. The molecule has 0 bridgehead atoms. The first-order valence-electron chi connectivity index (χ1n) is 16.4. The van der Waals surface area contributed by atoms with Crippen molar-refractivity contribution in [2.45, 2.75) is 154 Å². The largest absolute Gasteiger partial charge is 0.480 e. The van der Waals surface area contributed by atoms with Crippen molar-refractivity contribution >= 4 is 18.2 Å². The van der Waals surface area contributed by atoms with Gasteiger partial charge < -0.3 is 30.1 Å². The van der Waals surface area contributed by atoms with Crippen LogP contribution in [0.2, 0.25) is 0 Å². The van der Waals surface area contributed by atoms with Crippen molar-refractivity contribution in [1.29, 1.82) is 0 Å². The Morgan fingerprint density at radius 1 is 0.907 bits per heavy atom. The fourth-order valence-electron chi connectivity index (χ4n) is 5.57. The van der Waals surface area contributed by atoms with Gasteiger partial charge in [0.15, 0.2) is 0 Å². The average molecular weight is 604 g/mol. The first-order valence-corrected chi connectivity index (χ1v) is 16.4. The minimum absolute atomic E-state index is 0.0524. The van der Waals surface area contributed by atoms with Gasteiger partial charge >= 0.3 is 18.2 Å². The highest BCUT2D eigenvalue weighted by Gasteiger charge is 2.24. The van der Waals surface area contributed by atoms with Crippen molar-refractivity contribution in [2.75, 3.05) is 6.54 Å². The molecule has 1 aromatic rings. The molecule has 9 nitrogen and oxygen atoms in total. The molecule has 1 atom stereocenters. The summed E-state index contributed by atoms with van der Waals surface area (Å²) in [5.41, 5.74) is 0.206. The van der Waals surface area contributed by atoms with E-state index in [-0.39, 0.29) is 19.1 Å². The van der Waals surface area contributed by atoms with Crippen LogP contribution in [0.25, 0.3) is 0 Å². The van der Waals surface area contributed by atoms with E-state index in [1.165, 1.54) is 64.2 Å². The molecule has 244 valence electrons. The lowest BCUT2D eigenvalue weighted by molar-refractivity contribution is -0.139. The minimum atomic E-state index is -1.12. The number of hydrogen-bond donors (Lipinski definition) is 3. The Morgan fingerprint density at radius 2 is 1.47 bits per heavy atom. The number of amides is 2. The van der Waals surface area contributed by atoms with Gasteiger partial charge in [0.2, 0.25) is 0 Å². The molecule has 2 aliphatic carbocycles. The number of carboxylic acid groups (broad SMARTS) is 1. The minimum Gasteiger partial charge on any atom is -0.480 e. The summed E-state index contributed by atoms with van der Waals surface area (Å²) in [6.45, 7) is 9.55. The lowest BCUT2D eigenvalue weighted by Crippen LogP contribution is -2.43. The maximum absolute atomic E-state index is 12.4. The first-order chi connectivity index (χ1) is 20.4. The van der Waals surface area contributed by atoms with Gasteiger partial charge in [-0.25, -0.2) is 14.4 Å². The predicted molar refractivity (Wildman–Crippen MR) is 170 cm³/mol. The average Bonchev–Trinajstić information content (AvgIpc) is 2.96. The number of unbranched alkanes of at least 4 members (excludes halogenated alkanes) is 1. The van der Waals surface area contributed by atoms with Gasteiger partial charge in [0.25, 0.3) is 0 Å². The monoisotopic (exact) mass is 603 g/mol. The van der Waals surface area contributed by atoms with Gasteiger partial charge in [-0.15, -0.1) is 0 Å². The highest BCUT2D eigenvalue weighted by Crippen LogP contribution is 2.22. The van der Waals surface area contributed by atoms with E-state index in [0.29, 0.717) is 19.4 Å². The van der Waals surface area contributed by atoms with Gasteiger partial charge in [-0.1, -0.05) is 68.9 Å². The smallest absolute Gasteiger partial charge is 0.410 e. The molecule has 2 aliphatic rings. The molecule has 2 saturated carbocycles. The van der Waals surface area contributed by atoms with E-state index in [1.807, 2.05) is 44.2 Å². The molecule has 1 aromatic carbocycles. The van der Waals surface area contributed by atoms with Crippen molar-refractivity contribution in [1.82, 2.24) is 15.5 Å². The zero-order chi connectivity index (χ0) is 31.7. The number of ether oxygens (including phenoxy) is 2. The molecular weight excluding hydrogens is 546 g/mol. The highest BCUT2D eigenvalue weighted by molar-refractivity contribution is 5.79. The quantitative estimate of drug-likeness (QED) is 0.213. The van der Waals surface area contributed by atoms with E-state index >= 15 is 0 Å². The number of carbonyl (C=O) groups excluding carboxylic acids is 2. The summed E-state index contributed by atoms with van der Waals surface area (Å²) in [7, 11) is 0. The number of carboxylic acids is 1. The van der Waals surface area contributed by atoms with Gasteiger partial charge in [-0.2, -0.15) is 0 Å².